The summed E-state index contributed by atoms with van der Waals surface area (Å²) in [6, 6.07) is 9.86. The van der Waals surface area contributed by atoms with Crippen molar-refractivity contribution in [1.29, 1.82) is 0 Å². The third-order valence-corrected chi connectivity index (χ3v) is 4.49. The van der Waals surface area contributed by atoms with E-state index in [9.17, 15) is 9.59 Å². The second-order valence-electron chi connectivity index (χ2n) is 5.95. The van der Waals surface area contributed by atoms with Gasteiger partial charge in [-0.05, 0) is 29.8 Å². The molecule has 0 aliphatic carbocycles. The fourth-order valence-electron chi connectivity index (χ4n) is 2.87. The molecule has 8 heteroatoms. The summed E-state index contributed by atoms with van der Waals surface area (Å²) in [5.74, 6) is 1.21. The minimum absolute atomic E-state index is 0.128. The third kappa shape index (κ3) is 3.29. The number of fused-ring (bicyclic) bond motifs is 1. The van der Waals surface area contributed by atoms with Crippen LogP contribution in [-0.2, 0) is 11.3 Å². The molecular formula is C19H15ClN2O5. The molecule has 2 aromatic rings. The number of carbonyl (C=O) groups is 2. The fraction of sp³-hybridized carbons (Fsp3) is 0.158. The molecule has 138 valence electrons. The maximum absolute atomic E-state index is 12.7. The Kier molecular flexibility index (Phi) is 4.37. The maximum Gasteiger partial charge on any atom is 0.329 e. The fourth-order valence-corrected chi connectivity index (χ4v) is 3.00. The predicted molar refractivity (Wildman–Crippen MR) is 97.6 cm³/mol. The van der Waals surface area contributed by atoms with Crippen LogP contribution in [0.15, 0.2) is 42.1 Å². The van der Waals surface area contributed by atoms with Gasteiger partial charge >= 0.3 is 6.03 Å². The Morgan fingerprint density at radius 1 is 1.19 bits per heavy atom. The molecule has 2 aliphatic rings. The van der Waals surface area contributed by atoms with E-state index in [-0.39, 0.29) is 19.0 Å². The quantitative estimate of drug-likeness (QED) is 0.645. The number of halogens is 1. The summed E-state index contributed by atoms with van der Waals surface area (Å²) in [7, 11) is 1.52. The molecule has 1 saturated heterocycles. The van der Waals surface area contributed by atoms with Crippen LogP contribution in [0.4, 0.5) is 4.79 Å². The van der Waals surface area contributed by atoms with E-state index in [1.165, 1.54) is 7.11 Å². The van der Waals surface area contributed by atoms with E-state index in [1.54, 1.807) is 42.5 Å². The van der Waals surface area contributed by atoms with E-state index >= 15 is 0 Å². The van der Waals surface area contributed by atoms with Crippen molar-refractivity contribution < 1.29 is 23.8 Å². The van der Waals surface area contributed by atoms with Gasteiger partial charge in [0.2, 0.25) is 6.79 Å². The number of methoxy groups -OCH3 is 1. The number of ether oxygens (including phenoxy) is 3. The Morgan fingerprint density at radius 3 is 2.59 bits per heavy atom. The van der Waals surface area contributed by atoms with Crippen LogP contribution >= 0.6 is 11.6 Å². The normalized spacial score (nSPS) is 16.8. The molecule has 27 heavy (non-hydrogen) atoms. The zero-order chi connectivity index (χ0) is 19.0. The van der Waals surface area contributed by atoms with E-state index in [0.717, 1.165) is 10.5 Å². The molecule has 3 amide bonds. The molecule has 0 atom stereocenters. The monoisotopic (exact) mass is 386 g/mol. The zero-order valence-electron chi connectivity index (χ0n) is 14.3. The Bertz CT molecular complexity index is 955. The van der Waals surface area contributed by atoms with Crippen LogP contribution in [0.3, 0.4) is 0 Å². The first-order valence-corrected chi connectivity index (χ1v) is 8.49. The van der Waals surface area contributed by atoms with Gasteiger partial charge < -0.3 is 19.5 Å². The zero-order valence-corrected chi connectivity index (χ0v) is 15.1. The molecule has 2 aromatic carbocycles. The van der Waals surface area contributed by atoms with Crippen molar-refractivity contribution in [2.24, 2.45) is 0 Å². The lowest BCUT2D eigenvalue weighted by Crippen LogP contribution is -2.30. The van der Waals surface area contributed by atoms with Crippen LogP contribution < -0.4 is 19.5 Å². The Hall–Kier alpha value is -3.19. The average molecular weight is 387 g/mol. The third-order valence-electron chi connectivity index (χ3n) is 4.24. The molecule has 0 unspecified atom stereocenters. The molecule has 0 aromatic heterocycles. The van der Waals surface area contributed by atoms with Crippen molar-refractivity contribution in [3.8, 4) is 17.2 Å². The van der Waals surface area contributed by atoms with Crippen LogP contribution in [0.5, 0.6) is 17.2 Å². The maximum atomic E-state index is 12.7. The molecule has 0 spiro atoms. The van der Waals surface area contributed by atoms with Gasteiger partial charge in [0.1, 0.15) is 11.4 Å². The summed E-state index contributed by atoms with van der Waals surface area (Å²) in [5, 5.41) is 3.19. The van der Waals surface area contributed by atoms with Gasteiger partial charge in [0, 0.05) is 16.7 Å². The van der Waals surface area contributed by atoms with E-state index in [4.69, 9.17) is 25.8 Å². The van der Waals surface area contributed by atoms with Gasteiger partial charge in [-0.2, -0.15) is 0 Å². The van der Waals surface area contributed by atoms with Crippen molar-refractivity contribution in [3.05, 3.63) is 58.2 Å². The molecule has 1 N–H and O–H groups in total. The van der Waals surface area contributed by atoms with Gasteiger partial charge in [-0.3, -0.25) is 9.69 Å². The Labute approximate surface area is 160 Å². The number of nitrogens with one attached hydrogen (secondary N) is 1. The highest BCUT2D eigenvalue weighted by molar-refractivity contribution is 6.30. The number of amides is 3. The highest BCUT2D eigenvalue weighted by atomic mass is 35.5. The largest absolute Gasteiger partial charge is 0.496 e. The van der Waals surface area contributed by atoms with Crippen molar-refractivity contribution >= 4 is 29.6 Å². The number of nitrogens with zero attached hydrogens (tertiary/aromatic N) is 1. The van der Waals surface area contributed by atoms with E-state index in [2.05, 4.69) is 5.32 Å². The summed E-state index contributed by atoms with van der Waals surface area (Å²) in [6.45, 7) is 0.278. The standard InChI is InChI=1S/C19H15ClN2O5/c1-25-15-8-17-16(26-10-27-17)7-12(15)6-14-18(23)22(19(24)21-14)9-11-2-4-13(20)5-3-11/h2-8H,9-10H2,1H3,(H,21,24)/b14-6+. The number of hydrogen-bond donors (Lipinski definition) is 1. The predicted octanol–water partition coefficient (Wildman–Crippen LogP) is 3.17. The second-order valence-corrected chi connectivity index (χ2v) is 6.39. The second kappa shape index (κ2) is 6.85. The molecule has 2 aliphatic heterocycles. The molecule has 0 bridgehead atoms. The molecule has 4 rings (SSSR count). The SMILES string of the molecule is COc1cc2c(cc1/C=C1/NC(=O)N(Cc3ccc(Cl)cc3)C1=O)OCO2. The summed E-state index contributed by atoms with van der Waals surface area (Å²) < 4.78 is 16.0. The number of rotatable bonds is 4. The lowest BCUT2D eigenvalue weighted by Gasteiger charge is -2.11. The van der Waals surface area contributed by atoms with Gasteiger partial charge in [0.25, 0.3) is 5.91 Å². The highest BCUT2D eigenvalue weighted by Crippen LogP contribution is 2.39. The van der Waals surface area contributed by atoms with Gasteiger partial charge in [-0.15, -0.1) is 0 Å². The first kappa shape index (κ1) is 17.2. The minimum atomic E-state index is -0.485. The van der Waals surface area contributed by atoms with Crippen LogP contribution in [-0.4, -0.2) is 30.7 Å². The summed E-state index contributed by atoms with van der Waals surface area (Å²) in [6.07, 6.45) is 1.56. The molecule has 0 radical (unpaired) electrons. The lowest BCUT2D eigenvalue weighted by molar-refractivity contribution is -0.123. The Morgan fingerprint density at radius 2 is 1.89 bits per heavy atom. The summed E-state index contributed by atoms with van der Waals surface area (Å²) in [5.41, 5.74) is 1.55. The molecule has 0 saturated carbocycles. The van der Waals surface area contributed by atoms with Crippen LogP contribution in [0.2, 0.25) is 5.02 Å². The number of carbonyl (C=O) groups excluding carboxylic acids is 2. The molecule has 7 nitrogen and oxygen atoms in total. The minimum Gasteiger partial charge on any atom is -0.496 e. The van der Waals surface area contributed by atoms with E-state index in [1.807, 2.05) is 0 Å². The molecular weight excluding hydrogens is 372 g/mol. The van der Waals surface area contributed by atoms with Gasteiger partial charge in [-0.1, -0.05) is 23.7 Å². The molecule has 1 fully saturated rings. The lowest BCUT2D eigenvalue weighted by atomic mass is 10.1. The topological polar surface area (TPSA) is 77.1 Å². The number of hydrogen-bond acceptors (Lipinski definition) is 5. The number of imide groups is 1. The van der Waals surface area contributed by atoms with Crippen LogP contribution in [0.1, 0.15) is 11.1 Å². The van der Waals surface area contributed by atoms with E-state index < -0.39 is 11.9 Å². The van der Waals surface area contributed by atoms with Crippen molar-refractivity contribution in [3.63, 3.8) is 0 Å². The van der Waals surface area contributed by atoms with Crippen molar-refractivity contribution in [1.82, 2.24) is 10.2 Å². The number of benzene rings is 2. The van der Waals surface area contributed by atoms with Gasteiger partial charge in [0.05, 0.1) is 13.7 Å². The summed E-state index contributed by atoms with van der Waals surface area (Å²) >= 11 is 5.87. The van der Waals surface area contributed by atoms with Crippen LogP contribution in [0, 0.1) is 0 Å². The van der Waals surface area contributed by atoms with Crippen molar-refractivity contribution in [2.75, 3.05) is 13.9 Å². The van der Waals surface area contributed by atoms with E-state index in [0.29, 0.717) is 27.8 Å². The van der Waals surface area contributed by atoms with Gasteiger partial charge in [-0.25, -0.2) is 4.79 Å². The summed E-state index contributed by atoms with van der Waals surface area (Å²) in [4.78, 5) is 26.1. The first-order valence-electron chi connectivity index (χ1n) is 8.12. The smallest absolute Gasteiger partial charge is 0.329 e. The number of urea groups is 1. The highest BCUT2D eigenvalue weighted by Gasteiger charge is 2.34. The molecule has 2 heterocycles. The van der Waals surface area contributed by atoms with Crippen molar-refractivity contribution in [2.45, 2.75) is 6.54 Å². The average Bonchev–Trinajstić information content (AvgIpc) is 3.22. The van der Waals surface area contributed by atoms with Crippen LogP contribution in [0.25, 0.3) is 6.08 Å². The Balaban J connectivity index is 1.61. The first-order chi connectivity index (χ1) is 13.0. The van der Waals surface area contributed by atoms with Gasteiger partial charge in [0.15, 0.2) is 11.5 Å².